The first-order valence-electron chi connectivity index (χ1n) is 18.2. The lowest BCUT2D eigenvalue weighted by Gasteiger charge is -2.29. The van der Waals surface area contributed by atoms with Crippen molar-refractivity contribution in [3.8, 4) is 0 Å². The van der Waals surface area contributed by atoms with E-state index < -0.39 is 29.5 Å². The molecule has 4 rings (SSSR count). The first-order chi connectivity index (χ1) is 26.9. The topological polar surface area (TPSA) is 181 Å². The van der Waals surface area contributed by atoms with Crippen LogP contribution in [0.2, 0.25) is 0 Å². The molecule has 1 aliphatic heterocycles. The molecule has 17 heteroatoms. The third kappa shape index (κ3) is 15.1. The number of piperidine rings is 1. The van der Waals surface area contributed by atoms with Crippen molar-refractivity contribution in [1.82, 2.24) is 9.88 Å². The highest BCUT2D eigenvalue weighted by atomic mass is 19.4. The number of carbonyl (C=O) groups is 3. The molecule has 0 aliphatic carbocycles. The fourth-order valence-electron chi connectivity index (χ4n) is 5.55. The van der Waals surface area contributed by atoms with Crippen LogP contribution in [-0.4, -0.2) is 105 Å². The van der Waals surface area contributed by atoms with Crippen LogP contribution in [0.25, 0.3) is 0 Å². The largest absolute Gasteiger partial charge is 0.481 e. The van der Waals surface area contributed by atoms with Crippen LogP contribution in [0.1, 0.15) is 57.8 Å². The number of carbonyl (C=O) groups excluding carboxylic acids is 2. The number of nitrogens with zero attached hydrogens (tertiary/aromatic N) is 4. The second-order valence-electron chi connectivity index (χ2n) is 12.9. The van der Waals surface area contributed by atoms with Crippen LogP contribution in [0.4, 0.5) is 30.2 Å². The van der Waals surface area contributed by atoms with Crippen molar-refractivity contribution in [2.75, 3.05) is 81.9 Å². The normalized spacial score (nSPS) is 13.7. The number of pyridine rings is 1. The lowest BCUT2D eigenvalue weighted by molar-refractivity contribution is -0.139. The molecule has 5 N–H and O–H groups in total. The molecule has 56 heavy (non-hydrogen) atoms. The van der Waals surface area contributed by atoms with Crippen molar-refractivity contribution in [2.24, 2.45) is 10.7 Å². The molecule has 14 nitrogen and oxygen atoms in total. The Morgan fingerprint density at radius 2 is 1.64 bits per heavy atom. The monoisotopic (exact) mass is 783 g/mol. The smallest absolute Gasteiger partial charge is 0.416 e. The van der Waals surface area contributed by atoms with Gasteiger partial charge in [-0.15, -0.1) is 0 Å². The fraction of sp³-hybridized carbons (Fsp3) is 0.410. The van der Waals surface area contributed by atoms with Gasteiger partial charge in [0.25, 0.3) is 11.8 Å². The van der Waals surface area contributed by atoms with E-state index in [0.717, 1.165) is 50.2 Å². The first-order valence-corrected chi connectivity index (χ1v) is 18.2. The predicted octanol–water partition coefficient (Wildman–Crippen LogP) is 5.42. The summed E-state index contributed by atoms with van der Waals surface area (Å²) < 4.78 is 55.4. The van der Waals surface area contributed by atoms with E-state index in [-0.39, 0.29) is 41.5 Å². The Hall–Kier alpha value is -5.36. The number of ether oxygens (including phenoxy) is 3. The molecule has 0 saturated carbocycles. The quantitative estimate of drug-likeness (QED) is 0.0613. The maximum atomic E-state index is 13.5. The number of carboxylic acids is 1. The van der Waals surface area contributed by atoms with Gasteiger partial charge in [0.15, 0.2) is 0 Å². The predicted molar refractivity (Wildman–Crippen MR) is 206 cm³/mol. The number of benzene rings is 2. The number of nitrogens with one attached hydrogen (secondary N) is 2. The number of alkyl halides is 3. The molecule has 0 spiro atoms. The Kier molecular flexibility index (Phi) is 17.2. The zero-order valence-electron chi connectivity index (χ0n) is 31.2. The van der Waals surface area contributed by atoms with E-state index in [0.29, 0.717) is 51.8 Å². The van der Waals surface area contributed by atoms with Crippen molar-refractivity contribution in [3.05, 3.63) is 95.5 Å². The average Bonchev–Trinajstić information content (AvgIpc) is 3.17. The average molecular weight is 784 g/mol. The maximum Gasteiger partial charge on any atom is 0.416 e. The Morgan fingerprint density at radius 1 is 0.946 bits per heavy atom. The summed E-state index contributed by atoms with van der Waals surface area (Å²) in [5, 5.41) is 14.1. The first kappa shape index (κ1) is 43.4. The summed E-state index contributed by atoms with van der Waals surface area (Å²) in [6.45, 7) is 4.65. The summed E-state index contributed by atoms with van der Waals surface area (Å²) >= 11 is 0. The highest BCUT2D eigenvalue weighted by Crippen LogP contribution is 2.31. The Bertz CT molecular complexity index is 1820. The molecule has 0 atom stereocenters. The third-order valence-corrected chi connectivity index (χ3v) is 8.42. The molecular weight excluding hydrogens is 735 g/mol. The summed E-state index contributed by atoms with van der Waals surface area (Å²) in [6.07, 6.45) is 1.11. The maximum absolute atomic E-state index is 13.5. The lowest BCUT2D eigenvalue weighted by Crippen LogP contribution is -2.29. The van der Waals surface area contributed by atoms with Crippen LogP contribution >= 0.6 is 0 Å². The zero-order valence-corrected chi connectivity index (χ0v) is 31.2. The molecule has 1 aromatic heterocycles. The minimum Gasteiger partial charge on any atom is -0.481 e. The lowest BCUT2D eigenvalue weighted by atomic mass is 10.1. The third-order valence-electron chi connectivity index (χ3n) is 8.42. The van der Waals surface area contributed by atoms with Crippen LogP contribution in [0.15, 0.2) is 77.9 Å². The highest BCUT2D eigenvalue weighted by molar-refractivity contribution is 6.12. The van der Waals surface area contributed by atoms with Crippen LogP contribution in [-0.2, 0) is 31.7 Å². The van der Waals surface area contributed by atoms with E-state index in [9.17, 15) is 27.6 Å². The number of amidine groups is 1. The Labute approximate surface area is 323 Å². The number of hydrogen-bond acceptors (Lipinski definition) is 10. The van der Waals surface area contributed by atoms with Gasteiger partial charge in [-0.1, -0.05) is 12.1 Å². The van der Waals surface area contributed by atoms with Gasteiger partial charge in [-0.25, -0.2) is 4.98 Å². The van der Waals surface area contributed by atoms with Crippen LogP contribution < -0.4 is 21.3 Å². The molecule has 1 fully saturated rings. The number of anilines is 3. The molecule has 1 saturated heterocycles. The number of aromatic nitrogens is 1. The van der Waals surface area contributed by atoms with E-state index in [2.05, 4.69) is 25.5 Å². The number of carboxylic acid groups (broad SMARTS) is 1. The molecule has 302 valence electrons. The minimum absolute atomic E-state index is 0.0476. The summed E-state index contributed by atoms with van der Waals surface area (Å²) in [7, 11) is 1.90. The molecule has 2 aromatic carbocycles. The van der Waals surface area contributed by atoms with Crippen LogP contribution in [0.3, 0.4) is 0 Å². The summed E-state index contributed by atoms with van der Waals surface area (Å²) in [5.41, 5.74) is 7.26. The summed E-state index contributed by atoms with van der Waals surface area (Å²) in [4.78, 5) is 50.2. The van der Waals surface area contributed by atoms with Gasteiger partial charge in [0.05, 0.1) is 68.6 Å². The van der Waals surface area contributed by atoms with Crippen molar-refractivity contribution >= 4 is 40.7 Å². The van der Waals surface area contributed by atoms with E-state index in [4.69, 9.17) is 25.1 Å². The molecule has 0 unspecified atom stereocenters. The molecule has 2 heterocycles. The van der Waals surface area contributed by atoms with E-state index in [1.54, 1.807) is 30.3 Å². The molecule has 0 bridgehead atoms. The summed E-state index contributed by atoms with van der Waals surface area (Å²) in [5.74, 6) is -2.37. The van der Waals surface area contributed by atoms with Crippen molar-refractivity contribution in [2.45, 2.75) is 38.4 Å². The Morgan fingerprint density at radius 3 is 2.36 bits per heavy atom. The van der Waals surface area contributed by atoms with Gasteiger partial charge in [-0.3, -0.25) is 19.3 Å². The number of rotatable bonds is 21. The fourth-order valence-corrected chi connectivity index (χ4v) is 5.55. The number of likely N-dealkylation sites (N-methyl/N-ethyl adjacent to an activating group) is 1. The minimum atomic E-state index is -4.50. The molecule has 0 radical (unpaired) electrons. The molecule has 3 aromatic rings. The van der Waals surface area contributed by atoms with E-state index in [1.807, 2.05) is 18.0 Å². The van der Waals surface area contributed by atoms with E-state index in [1.165, 1.54) is 24.4 Å². The number of aliphatic imine (C=N–C) groups is 1. The Balaban J connectivity index is 1.34. The standard InChI is InChI=1S/C39H48F3N7O7/c1-48(18-20-55-22-24-56-23-21-54-19-14-36(50)51)27-30-9-6-10-34(45-30)38(53)46-33-12-11-31(49-16-3-2-4-17-49)26-32(33)37(52)47-35(43)13-15-44-29-8-5-7-28(25-29)39(40,41)42/h5-13,15,25-26,44H,2-4,14,16-24,27H2,1H3,(H,46,53)(H,50,51)(H2,43,47,52)/b15-13-. The summed E-state index contributed by atoms with van der Waals surface area (Å²) in [6, 6.07) is 14.9. The zero-order chi connectivity index (χ0) is 40.3. The van der Waals surface area contributed by atoms with Crippen LogP contribution in [0, 0.1) is 0 Å². The molecule has 2 amide bonds. The molecular formula is C39H48F3N7O7. The van der Waals surface area contributed by atoms with Crippen molar-refractivity contribution in [3.63, 3.8) is 0 Å². The number of aliphatic carboxylic acids is 1. The van der Waals surface area contributed by atoms with Gasteiger partial charge in [0.2, 0.25) is 0 Å². The van der Waals surface area contributed by atoms with Gasteiger partial charge < -0.3 is 40.6 Å². The van der Waals surface area contributed by atoms with Gasteiger partial charge >= 0.3 is 12.1 Å². The van der Waals surface area contributed by atoms with Gasteiger partial charge in [-0.05, 0) is 80.9 Å². The highest BCUT2D eigenvalue weighted by Gasteiger charge is 2.30. The number of nitrogens with two attached hydrogens (primary N) is 1. The SMILES string of the molecule is CN(CCOCCOCCOCCC(=O)O)Cc1cccc(C(=O)Nc2ccc(N3CCCCC3)cc2C(=O)N=C(N)/C=C\Nc2cccc(C(F)(F)F)c2)n1. The number of hydrogen-bond donors (Lipinski definition) is 4. The van der Waals surface area contributed by atoms with Crippen molar-refractivity contribution in [1.29, 1.82) is 0 Å². The van der Waals surface area contributed by atoms with Gasteiger partial charge in [-0.2, -0.15) is 18.2 Å². The van der Waals surface area contributed by atoms with Crippen LogP contribution in [0.5, 0.6) is 0 Å². The second kappa shape index (κ2) is 22.3. The number of halogens is 3. The van der Waals surface area contributed by atoms with Crippen molar-refractivity contribution < 1.29 is 46.9 Å². The molecule has 1 aliphatic rings. The van der Waals surface area contributed by atoms with E-state index >= 15 is 0 Å². The number of amides is 2. The second-order valence-corrected chi connectivity index (χ2v) is 12.9. The van der Waals surface area contributed by atoms with Gasteiger partial charge in [0.1, 0.15) is 11.5 Å². The van der Waals surface area contributed by atoms with Gasteiger partial charge in [0, 0.05) is 43.8 Å².